The normalized spacial score (nSPS) is 20.3. The zero-order chi connectivity index (χ0) is 16.9. The molecule has 7 heteroatoms. The van der Waals surface area contributed by atoms with Gasteiger partial charge in [-0.2, -0.15) is 11.8 Å². The fourth-order valence-corrected chi connectivity index (χ4v) is 3.79. The van der Waals surface area contributed by atoms with Crippen molar-refractivity contribution in [2.24, 2.45) is 0 Å². The molecule has 1 fully saturated rings. The molecule has 23 heavy (non-hydrogen) atoms. The Kier molecular flexibility index (Phi) is 6.18. The van der Waals surface area contributed by atoms with E-state index in [1.165, 1.54) is 0 Å². The van der Waals surface area contributed by atoms with Gasteiger partial charge in [-0.05, 0) is 49.3 Å². The third-order valence-electron chi connectivity index (χ3n) is 3.76. The minimum absolute atomic E-state index is 0.242. The van der Waals surface area contributed by atoms with Crippen LogP contribution in [0.15, 0.2) is 18.2 Å². The third-order valence-corrected chi connectivity index (χ3v) is 5.37. The Morgan fingerprint density at radius 1 is 1.48 bits per heavy atom. The first-order valence-corrected chi connectivity index (χ1v) is 8.97. The van der Waals surface area contributed by atoms with E-state index >= 15 is 0 Å². The SMILES string of the molecule is Cc1cc(OCCCC(=O)NC2(C(=O)O)CCSC2)ccc1Cl. The van der Waals surface area contributed by atoms with Crippen LogP contribution >= 0.6 is 23.4 Å². The van der Waals surface area contributed by atoms with Crippen LogP contribution in [-0.2, 0) is 9.59 Å². The average molecular weight is 358 g/mol. The van der Waals surface area contributed by atoms with Crippen molar-refractivity contribution < 1.29 is 19.4 Å². The first-order chi connectivity index (χ1) is 10.9. The van der Waals surface area contributed by atoms with Gasteiger partial charge in [-0.3, -0.25) is 4.79 Å². The number of hydrogen-bond donors (Lipinski definition) is 2. The molecule has 1 heterocycles. The standard InChI is InChI=1S/C16H20ClNO4S/c1-11-9-12(4-5-13(11)17)22-7-2-3-14(19)18-16(15(20)21)6-8-23-10-16/h4-5,9H,2-3,6-8,10H2,1H3,(H,18,19)(H,20,21). The third kappa shape index (κ3) is 4.78. The van der Waals surface area contributed by atoms with E-state index in [4.69, 9.17) is 16.3 Å². The highest BCUT2D eigenvalue weighted by Crippen LogP contribution is 2.28. The Balaban J connectivity index is 1.74. The highest BCUT2D eigenvalue weighted by atomic mass is 35.5. The van der Waals surface area contributed by atoms with E-state index < -0.39 is 11.5 Å². The van der Waals surface area contributed by atoms with E-state index in [9.17, 15) is 14.7 Å². The van der Waals surface area contributed by atoms with Gasteiger partial charge in [0.05, 0.1) is 6.61 Å². The lowest BCUT2D eigenvalue weighted by molar-refractivity contribution is -0.146. The second-order valence-electron chi connectivity index (χ2n) is 5.60. The predicted molar refractivity (Wildman–Crippen MR) is 91.4 cm³/mol. The molecule has 1 saturated heterocycles. The number of carboxylic acid groups (broad SMARTS) is 1. The topological polar surface area (TPSA) is 75.6 Å². The number of carboxylic acids is 1. The highest BCUT2D eigenvalue weighted by Gasteiger charge is 2.43. The summed E-state index contributed by atoms with van der Waals surface area (Å²) < 4.78 is 5.58. The van der Waals surface area contributed by atoms with Crippen molar-refractivity contribution in [2.45, 2.75) is 31.7 Å². The molecule has 5 nitrogen and oxygen atoms in total. The smallest absolute Gasteiger partial charge is 0.330 e. The van der Waals surface area contributed by atoms with Gasteiger partial charge in [0.2, 0.25) is 5.91 Å². The van der Waals surface area contributed by atoms with Crippen molar-refractivity contribution in [2.75, 3.05) is 18.1 Å². The minimum Gasteiger partial charge on any atom is -0.494 e. The van der Waals surface area contributed by atoms with Crippen LogP contribution in [0.5, 0.6) is 5.75 Å². The van der Waals surface area contributed by atoms with Crippen molar-refractivity contribution in [1.82, 2.24) is 5.32 Å². The van der Waals surface area contributed by atoms with Gasteiger partial charge < -0.3 is 15.2 Å². The Hall–Kier alpha value is -1.40. The molecular weight excluding hydrogens is 338 g/mol. The number of carbonyl (C=O) groups is 2. The maximum atomic E-state index is 12.0. The Labute approximate surface area is 144 Å². The van der Waals surface area contributed by atoms with Gasteiger partial charge in [0.25, 0.3) is 0 Å². The van der Waals surface area contributed by atoms with E-state index in [2.05, 4.69) is 5.32 Å². The molecule has 1 atom stereocenters. The summed E-state index contributed by atoms with van der Waals surface area (Å²) in [6.45, 7) is 2.29. The number of aryl methyl sites for hydroxylation is 1. The summed E-state index contributed by atoms with van der Waals surface area (Å²) in [7, 11) is 0. The number of benzene rings is 1. The van der Waals surface area contributed by atoms with Crippen LogP contribution in [0.1, 0.15) is 24.8 Å². The second-order valence-corrected chi connectivity index (χ2v) is 7.11. The van der Waals surface area contributed by atoms with E-state index in [1.807, 2.05) is 13.0 Å². The van der Waals surface area contributed by atoms with E-state index in [0.717, 1.165) is 11.3 Å². The number of nitrogens with one attached hydrogen (secondary N) is 1. The molecule has 0 aliphatic carbocycles. The lowest BCUT2D eigenvalue weighted by atomic mass is 9.99. The summed E-state index contributed by atoms with van der Waals surface area (Å²) in [6.07, 6.45) is 1.24. The summed E-state index contributed by atoms with van der Waals surface area (Å²) >= 11 is 7.49. The van der Waals surface area contributed by atoms with Crippen molar-refractivity contribution in [3.63, 3.8) is 0 Å². The van der Waals surface area contributed by atoms with Gasteiger partial charge in [-0.25, -0.2) is 4.79 Å². The van der Waals surface area contributed by atoms with Gasteiger partial charge in [0, 0.05) is 17.2 Å². The van der Waals surface area contributed by atoms with Gasteiger partial charge in [-0.1, -0.05) is 11.6 Å². The number of ether oxygens (including phenoxy) is 1. The molecule has 1 aliphatic rings. The number of aliphatic carboxylic acids is 1. The maximum Gasteiger partial charge on any atom is 0.330 e. The number of amides is 1. The number of halogens is 1. The molecule has 1 aromatic carbocycles. The van der Waals surface area contributed by atoms with Gasteiger partial charge in [0.1, 0.15) is 11.3 Å². The van der Waals surface area contributed by atoms with Crippen molar-refractivity contribution in [3.8, 4) is 5.75 Å². The predicted octanol–water partition coefficient (Wildman–Crippen LogP) is 2.88. The van der Waals surface area contributed by atoms with Crippen LogP contribution in [0.2, 0.25) is 5.02 Å². The Bertz CT molecular complexity index is 587. The summed E-state index contributed by atoms with van der Waals surface area (Å²) in [5.74, 6) is 0.691. The number of hydrogen-bond acceptors (Lipinski definition) is 4. The molecule has 0 spiro atoms. The second kappa shape index (κ2) is 7.93. The zero-order valence-corrected chi connectivity index (χ0v) is 14.5. The molecule has 1 aliphatic heterocycles. The van der Waals surface area contributed by atoms with Crippen LogP contribution in [0.4, 0.5) is 0 Å². The first kappa shape index (κ1) is 17.9. The summed E-state index contributed by atoms with van der Waals surface area (Å²) in [6, 6.07) is 5.40. The molecule has 2 N–H and O–H groups in total. The summed E-state index contributed by atoms with van der Waals surface area (Å²) in [5, 5.41) is 12.7. The Morgan fingerprint density at radius 3 is 2.87 bits per heavy atom. The van der Waals surface area contributed by atoms with Crippen LogP contribution in [0.25, 0.3) is 0 Å². The van der Waals surface area contributed by atoms with Crippen molar-refractivity contribution >= 4 is 35.2 Å². The molecular formula is C16H20ClNO4S. The summed E-state index contributed by atoms with van der Waals surface area (Å²) in [5.41, 5.74) is -0.167. The molecule has 0 bridgehead atoms. The largest absolute Gasteiger partial charge is 0.494 e. The quantitative estimate of drug-likeness (QED) is 0.734. The number of thioether (sulfide) groups is 1. The molecule has 126 valence electrons. The molecule has 1 unspecified atom stereocenters. The lowest BCUT2D eigenvalue weighted by Gasteiger charge is -2.24. The van der Waals surface area contributed by atoms with Crippen molar-refractivity contribution in [3.05, 3.63) is 28.8 Å². The van der Waals surface area contributed by atoms with Crippen molar-refractivity contribution in [1.29, 1.82) is 0 Å². The zero-order valence-electron chi connectivity index (χ0n) is 12.9. The number of rotatable bonds is 7. The lowest BCUT2D eigenvalue weighted by Crippen LogP contribution is -2.54. The minimum atomic E-state index is -1.10. The molecule has 0 radical (unpaired) electrons. The molecule has 0 aromatic heterocycles. The van der Waals surface area contributed by atoms with E-state index in [0.29, 0.717) is 36.0 Å². The van der Waals surface area contributed by atoms with Gasteiger partial charge in [0.15, 0.2) is 0 Å². The molecule has 0 saturated carbocycles. The molecule has 1 aromatic rings. The molecule has 1 amide bonds. The average Bonchev–Trinajstić information content (AvgIpc) is 2.97. The van der Waals surface area contributed by atoms with Gasteiger partial charge >= 0.3 is 5.97 Å². The fraction of sp³-hybridized carbons (Fsp3) is 0.500. The highest BCUT2D eigenvalue weighted by molar-refractivity contribution is 7.99. The molecule has 2 rings (SSSR count). The van der Waals surface area contributed by atoms with Crippen LogP contribution in [0.3, 0.4) is 0 Å². The monoisotopic (exact) mass is 357 g/mol. The van der Waals surface area contributed by atoms with Crippen LogP contribution in [-0.4, -0.2) is 40.6 Å². The first-order valence-electron chi connectivity index (χ1n) is 7.44. The maximum absolute atomic E-state index is 12.0. The number of carbonyl (C=O) groups excluding carboxylic acids is 1. The Morgan fingerprint density at radius 2 is 2.26 bits per heavy atom. The van der Waals surface area contributed by atoms with Crippen LogP contribution in [0, 0.1) is 6.92 Å². The van der Waals surface area contributed by atoms with E-state index in [1.54, 1.807) is 23.9 Å². The van der Waals surface area contributed by atoms with Gasteiger partial charge in [-0.15, -0.1) is 0 Å². The van der Waals surface area contributed by atoms with Crippen LogP contribution < -0.4 is 10.1 Å². The fourth-order valence-electron chi connectivity index (χ4n) is 2.34. The van der Waals surface area contributed by atoms with E-state index in [-0.39, 0.29) is 12.3 Å². The summed E-state index contributed by atoms with van der Waals surface area (Å²) in [4.78, 5) is 23.3.